The van der Waals surface area contributed by atoms with Gasteiger partial charge in [-0.25, -0.2) is 8.78 Å². The van der Waals surface area contributed by atoms with E-state index in [1.165, 1.54) is 31.2 Å². The van der Waals surface area contributed by atoms with Crippen LogP contribution in [0.15, 0.2) is 84.9 Å². The molecule has 6 nitrogen and oxygen atoms in total. The first-order chi connectivity index (χ1) is 18.3. The lowest BCUT2D eigenvalue weighted by Gasteiger charge is -2.13. The van der Waals surface area contributed by atoms with Crippen molar-refractivity contribution >= 4 is 11.9 Å². The second kappa shape index (κ2) is 11.2. The quantitative estimate of drug-likeness (QED) is 0.175. The van der Waals surface area contributed by atoms with Gasteiger partial charge in [0.05, 0.1) is 23.3 Å². The van der Waals surface area contributed by atoms with Gasteiger partial charge in [0.15, 0.2) is 5.92 Å². The molecule has 4 aromatic carbocycles. The molecule has 0 N–H and O–H groups in total. The second-order valence-corrected chi connectivity index (χ2v) is 8.23. The van der Waals surface area contributed by atoms with Gasteiger partial charge in [-0.3, -0.25) is 9.59 Å². The molecule has 186 valence electrons. The van der Waals surface area contributed by atoms with E-state index >= 15 is 0 Å². The Morgan fingerprint density at radius 1 is 0.658 bits per heavy atom. The SMILES string of the molecule is CC(C(=O)Oc1ccc(-c2ccc(C#N)cc2)c(F)c1)C(=O)Oc1ccc(-c2ccc(C#N)cc2)c(F)c1. The van der Waals surface area contributed by atoms with E-state index in [0.29, 0.717) is 22.3 Å². The normalized spacial score (nSPS) is 10.4. The molecule has 0 saturated carbocycles. The first-order valence-electron chi connectivity index (χ1n) is 11.3. The van der Waals surface area contributed by atoms with Crippen LogP contribution in [-0.4, -0.2) is 11.9 Å². The molecule has 8 heteroatoms. The monoisotopic (exact) mass is 508 g/mol. The minimum atomic E-state index is -1.38. The number of hydrogen-bond donors (Lipinski definition) is 0. The first-order valence-corrected chi connectivity index (χ1v) is 11.3. The van der Waals surface area contributed by atoms with Gasteiger partial charge < -0.3 is 9.47 Å². The second-order valence-electron chi connectivity index (χ2n) is 8.23. The van der Waals surface area contributed by atoms with E-state index in [2.05, 4.69) is 0 Å². The van der Waals surface area contributed by atoms with Crippen LogP contribution >= 0.6 is 0 Å². The highest BCUT2D eigenvalue weighted by Crippen LogP contribution is 2.28. The van der Waals surface area contributed by atoms with Gasteiger partial charge in [0.2, 0.25) is 0 Å². The zero-order chi connectivity index (χ0) is 27.2. The lowest BCUT2D eigenvalue weighted by molar-refractivity contribution is -0.150. The van der Waals surface area contributed by atoms with Gasteiger partial charge >= 0.3 is 11.9 Å². The standard InChI is InChI=1S/C30H18F2N2O4/c1-18(29(35)37-23-10-12-25(27(31)14-23)21-6-2-19(16-33)3-7-21)30(36)38-24-11-13-26(28(32)15-24)22-8-4-20(17-34)5-9-22/h2-15,18H,1H3. The molecule has 0 atom stereocenters. The molecule has 0 fully saturated rings. The number of ether oxygens (including phenoxy) is 2. The summed E-state index contributed by atoms with van der Waals surface area (Å²) in [5.74, 6) is -4.87. The van der Waals surface area contributed by atoms with Crippen molar-refractivity contribution in [2.24, 2.45) is 5.92 Å². The number of carbonyl (C=O) groups is 2. The van der Waals surface area contributed by atoms with Crippen molar-refractivity contribution in [3.63, 3.8) is 0 Å². The van der Waals surface area contributed by atoms with E-state index < -0.39 is 29.5 Å². The molecular formula is C30H18F2N2O4. The Labute approximate surface area is 216 Å². The maximum absolute atomic E-state index is 14.6. The fourth-order valence-corrected chi connectivity index (χ4v) is 3.54. The van der Waals surface area contributed by atoms with Crippen LogP contribution in [0.1, 0.15) is 18.1 Å². The number of nitrogens with zero attached hydrogens (tertiary/aromatic N) is 2. The van der Waals surface area contributed by atoms with Crippen LogP contribution in [0, 0.1) is 40.2 Å². The van der Waals surface area contributed by atoms with Gasteiger partial charge in [0, 0.05) is 23.3 Å². The summed E-state index contributed by atoms with van der Waals surface area (Å²) in [6.07, 6.45) is 0. The predicted octanol–water partition coefficient (Wildman–Crippen LogP) is 6.19. The Kier molecular flexibility index (Phi) is 7.56. The van der Waals surface area contributed by atoms with Gasteiger partial charge in [0.1, 0.15) is 23.1 Å². The third kappa shape index (κ3) is 5.72. The zero-order valence-electron chi connectivity index (χ0n) is 19.9. The molecule has 0 radical (unpaired) electrons. The lowest BCUT2D eigenvalue weighted by atomic mass is 10.0. The van der Waals surface area contributed by atoms with Crippen molar-refractivity contribution in [3.8, 4) is 45.9 Å². The number of rotatable bonds is 6. The van der Waals surface area contributed by atoms with Crippen LogP contribution in [0.4, 0.5) is 8.78 Å². The average molecular weight is 508 g/mol. The van der Waals surface area contributed by atoms with E-state index in [1.807, 2.05) is 12.1 Å². The fourth-order valence-electron chi connectivity index (χ4n) is 3.54. The van der Waals surface area contributed by atoms with Crippen LogP contribution in [0.5, 0.6) is 11.5 Å². The van der Waals surface area contributed by atoms with Crippen LogP contribution in [0.3, 0.4) is 0 Å². The minimum Gasteiger partial charge on any atom is -0.426 e. The summed E-state index contributed by atoms with van der Waals surface area (Å²) in [5, 5.41) is 17.8. The van der Waals surface area contributed by atoms with Gasteiger partial charge in [0.25, 0.3) is 0 Å². The topological polar surface area (TPSA) is 100 Å². The maximum atomic E-state index is 14.6. The van der Waals surface area contributed by atoms with E-state index in [-0.39, 0.29) is 22.6 Å². The molecule has 0 spiro atoms. The summed E-state index contributed by atoms with van der Waals surface area (Å²) < 4.78 is 39.6. The fraction of sp³-hybridized carbons (Fsp3) is 0.0667. The van der Waals surface area contributed by atoms with Crippen LogP contribution in [-0.2, 0) is 9.59 Å². The molecule has 0 heterocycles. The number of benzene rings is 4. The van der Waals surface area contributed by atoms with E-state index in [4.69, 9.17) is 20.0 Å². The van der Waals surface area contributed by atoms with Gasteiger partial charge in [-0.2, -0.15) is 10.5 Å². The van der Waals surface area contributed by atoms with Crippen LogP contribution in [0.2, 0.25) is 0 Å². The lowest BCUT2D eigenvalue weighted by Crippen LogP contribution is -2.29. The third-order valence-corrected chi connectivity index (χ3v) is 5.68. The average Bonchev–Trinajstić information content (AvgIpc) is 2.93. The molecule has 0 saturated heterocycles. The molecule has 0 aliphatic heterocycles. The molecule has 0 aliphatic carbocycles. The van der Waals surface area contributed by atoms with Crippen LogP contribution < -0.4 is 9.47 Å². The van der Waals surface area contributed by atoms with E-state index in [1.54, 1.807) is 48.5 Å². The van der Waals surface area contributed by atoms with Crippen molar-refractivity contribution in [1.29, 1.82) is 10.5 Å². The Bertz CT molecular complexity index is 1480. The van der Waals surface area contributed by atoms with Crippen LogP contribution in [0.25, 0.3) is 22.3 Å². The van der Waals surface area contributed by atoms with Gasteiger partial charge in [-0.05, 0) is 66.6 Å². The number of nitriles is 2. The zero-order valence-corrected chi connectivity index (χ0v) is 19.9. The Morgan fingerprint density at radius 3 is 1.34 bits per heavy atom. The third-order valence-electron chi connectivity index (χ3n) is 5.68. The highest BCUT2D eigenvalue weighted by atomic mass is 19.1. The molecule has 0 bridgehead atoms. The first kappa shape index (κ1) is 25.7. The summed E-state index contributed by atoms with van der Waals surface area (Å²) in [5.41, 5.74) is 2.43. The highest BCUT2D eigenvalue weighted by Gasteiger charge is 2.26. The number of hydrogen-bond acceptors (Lipinski definition) is 6. The Hall–Kier alpha value is -5.34. The van der Waals surface area contributed by atoms with Crippen molar-refractivity contribution in [2.75, 3.05) is 0 Å². The summed E-state index contributed by atoms with van der Waals surface area (Å²) in [4.78, 5) is 24.9. The van der Waals surface area contributed by atoms with Crippen molar-refractivity contribution in [2.45, 2.75) is 6.92 Å². The van der Waals surface area contributed by atoms with Crippen molar-refractivity contribution < 1.29 is 27.8 Å². The largest absolute Gasteiger partial charge is 0.426 e. The molecule has 0 aromatic heterocycles. The molecular weight excluding hydrogens is 490 g/mol. The molecule has 4 aromatic rings. The Balaban J connectivity index is 1.40. The highest BCUT2D eigenvalue weighted by molar-refractivity contribution is 5.96. The predicted molar refractivity (Wildman–Crippen MR) is 134 cm³/mol. The smallest absolute Gasteiger partial charge is 0.325 e. The van der Waals surface area contributed by atoms with Crippen molar-refractivity contribution in [3.05, 3.63) is 108 Å². The summed E-state index contributed by atoms with van der Waals surface area (Å²) in [6, 6.07) is 24.2. The summed E-state index contributed by atoms with van der Waals surface area (Å²) in [7, 11) is 0. The van der Waals surface area contributed by atoms with Gasteiger partial charge in [-0.1, -0.05) is 24.3 Å². The minimum absolute atomic E-state index is 0.109. The van der Waals surface area contributed by atoms with Gasteiger partial charge in [-0.15, -0.1) is 0 Å². The molecule has 0 aliphatic rings. The Morgan fingerprint density at radius 2 is 1.03 bits per heavy atom. The maximum Gasteiger partial charge on any atom is 0.325 e. The summed E-state index contributed by atoms with van der Waals surface area (Å²) >= 11 is 0. The molecule has 0 amide bonds. The number of halogens is 2. The van der Waals surface area contributed by atoms with E-state index in [0.717, 1.165) is 12.1 Å². The summed E-state index contributed by atoms with van der Waals surface area (Å²) in [6.45, 7) is 1.26. The molecule has 0 unspecified atom stereocenters. The van der Waals surface area contributed by atoms with Crippen molar-refractivity contribution in [1.82, 2.24) is 0 Å². The molecule has 38 heavy (non-hydrogen) atoms. The van der Waals surface area contributed by atoms with E-state index in [9.17, 15) is 18.4 Å². The number of esters is 2. The number of carbonyl (C=O) groups excluding carboxylic acids is 2. The molecule has 4 rings (SSSR count).